The van der Waals surface area contributed by atoms with Crippen molar-refractivity contribution in [1.29, 1.82) is 0 Å². The number of aryl methyl sites for hydroxylation is 1. The summed E-state index contributed by atoms with van der Waals surface area (Å²) in [5.74, 6) is -1.83. The Hall–Kier alpha value is -3.29. The van der Waals surface area contributed by atoms with Crippen LogP contribution in [-0.2, 0) is 11.3 Å². The van der Waals surface area contributed by atoms with Crippen molar-refractivity contribution in [2.75, 3.05) is 39.8 Å². The summed E-state index contributed by atoms with van der Waals surface area (Å²) >= 11 is 0. The van der Waals surface area contributed by atoms with Gasteiger partial charge in [0.15, 0.2) is 11.6 Å². The minimum atomic E-state index is -1.09. The van der Waals surface area contributed by atoms with E-state index in [0.717, 1.165) is 22.9 Å². The van der Waals surface area contributed by atoms with Gasteiger partial charge in [-0.05, 0) is 42.3 Å². The molecule has 1 amide bonds. The Morgan fingerprint density at radius 1 is 0.971 bits per heavy atom. The van der Waals surface area contributed by atoms with Gasteiger partial charge in [-0.25, -0.2) is 8.78 Å². The third-order valence-electron chi connectivity index (χ3n) is 6.30. The first-order chi connectivity index (χ1) is 16.9. The van der Waals surface area contributed by atoms with Gasteiger partial charge in [0, 0.05) is 32.7 Å². The molecule has 0 N–H and O–H groups in total. The summed E-state index contributed by atoms with van der Waals surface area (Å²) in [6, 6.07) is 19.8. The summed E-state index contributed by atoms with van der Waals surface area (Å²) in [6.07, 6.45) is -0.200. The molecule has 35 heavy (non-hydrogen) atoms. The lowest BCUT2D eigenvalue weighted by Crippen LogP contribution is -2.49. The van der Waals surface area contributed by atoms with Crippen LogP contribution in [0.3, 0.4) is 0 Å². The number of carbonyl (C=O) groups excluding carboxylic acids is 1. The Morgan fingerprint density at radius 3 is 2.40 bits per heavy atom. The van der Waals surface area contributed by atoms with Crippen molar-refractivity contribution in [2.24, 2.45) is 0 Å². The van der Waals surface area contributed by atoms with E-state index < -0.39 is 17.5 Å². The zero-order valence-corrected chi connectivity index (χ0v) is 20.0. The maximum atomic E-state index is 14.1. The number of methoxy groups -OCH3 is 1. The molecule has 184 valence electrons. The predicted octanol–water partition coefficient (Wildman–Crippen LogP) is 5.00. The molecule has 0 saturated carbocycles. The Morgan fingerprint density at radius 2 is 1.69 bits per heavy atom. The van der Waals surface area contributed by atoms with Crippen LogP contribution in [0.2, 0.25) is 0 Å². The lowest BCUT2D eigenvalue weighted by molar-refractivity contribution is 0.00328. The topological polar surface area (TPSA) is 42.0 Å². The fourth-order valence-corrected chi connectivity index (χ4v) is 4.18. The van der Waals surface area contributed by atoms with E-state index in [4.69, 9.17) is 9.47 Å². The highest BCUT2D eigenvalue weighted by Gasteiger charge is 2.27. The van der Waals surface area contributed by atoms with Crippen LogP contribution in [0, 0.1) is 18.6 Å². The largest absolute Gasteiger partial charge is 0.497 e. The average molecular weight is 481 g/mol. The van der Waals surface area contributed by atoms with Crippen molar-refractivity contribution < 1.29 is 23.0 Å². The van der Waals surface area contributed by atoms with Gasteiger partial charge in [-0.15, -0.1) is 0 Å². The number of nitrogens with zero attached hydrogens (tertiary/aromatic N) is 2. The molecular formula is C28H30F2N2O3. The van der Waals surface area contributed by atoms with Gasteiger partial charge in [-0.3, -0.25) is 9.69 Å². The van der Waals surface area contributed by atoms with E-state index in [1.807, 2.05) is 24.3 Å². The molecule has 0 aromatic heterocycles. The molecule has 1 saturated heterocycles. The van der Waals surface area contributed by atoms with Gasteiger partial charge in [0.25, 0.3) is 5.91 Å². The number of ether oxygens (including phenoxy) is 2. The number of piperazine rings is 1. The molecule has 0 radical (unpaired) electrons. The lowest BCUT2D eigenvalue weighted by Gasteiger charge is -2.36. The van der Waals surface area contributed by atoms with Crippen LogP contribution in [0.15, 0.2) is 66.7 Å². The minimum absolute atomic E-state index is 0.200. The Kier molecular flexibility index (Phi) is 8.10. The molecule has 1 fully saturated rings. The van der Waals surface area contributed by atoms with Crippen LogP contribution >= 0.6 is 0 Å². The molecule has 1 aliphatic rings. The van der Waals surface area contributed by atoms with E-state index in [1.165, 1.54) is 17.7 Å². The highest BCUT2D eigenvalue weighted by atomic mass is 19.2. The van der Waals surface area contributed by atoms with Crippen LogP contribution in [0.25, 0.3) is 0 Å². The third-order valence-corrected chi connectivity index (χ3v) is 6.30. The van der Waals surface area contributed by atoms with Crippen molar-refractivity contribution in [1.82, 2.24) is 9.80 Å². The molecule has 0 spiro atoms. The van der Waals surface area contributed by atoms with E-state index in [0.29, 0.717) is 39.3 Å². The Bertz CT molecular complexity index is 1150. The van der Waals surface area contributed by atoms with Gasteiger partial charge < -0.3 is 14.4 Å². The van der Waals surface area contributed by atoms with E-state index in [9.17, 15) is 13.6 Å². The molecule has 0 aliphatic carbocycles. The molecule has 3 aromatic carbocycles. The van der Waals surface area contributed by atoms with Crippen LogP contribution in [0.1, 0.15) is 33.2 Å². The number of carbonyl (C=O) groups is 1. The van der Waals surface area contributed by atoms with E-state index in [-0.39, 0.29) is 11.7 Å². The summed E-state index contributed by atoms with van der Waals surface area (Å²) in [5.41, 5.74) is 3.07. The first kappa shape index (κ1) is 24.8. The smallest absolute Gasteiger partial charge is 0.257 e. The lowest BCUT2D eigenvalue weighted by atomic mass is 10.1. The highest BCUT2D eigenvalue weighted by molar-refractivity contribution is 5.94. The van der Waals surface area contributed by atoms with Crippen LogP contribution in [-0.4, -0.2) is 55.5 Å². The van der Waals surface area contributed by atoms with Gasteiger partial charge >= 0.3 is 0 Å². The first-order valence-corrected chi connectivity index (χ1v) is 11.7. The van der Waals surface area contributed by atoms with Gasteiger partial charge in [0.2, 0.25) is 0 Å². The zero-order chi connectivity index (χ0) is 24.8. The number of rotatable bonds is 8. The van der Waals surface area contributed by atoms with Crippen LogP contribution in [0.5, 0.6) is 5.75 Å². The second kappa shape index (κ2) is 11.4. The monoisotopic (exact) mass is 480 g/mol. The molecule has 7 heteroatoms. The van der Waals surface area contributed by atoms with Crippen LogP contribution < -0.4 is 4.74 Å². The highest BCUT2D eigenvalue weighted by Crippen LogP contribution is 2.25. The quantitative estimate of drug-likeness (QED) is 0.455. The summed E-state index contributed by atoms with van der Waals surface area (Å²) in [4.78, 5) is 16.5. The summed E-state index contributed by atoms with van der Waals surface area (Å²) < 4.78 is 39.4. The zero-order valence-electron chi connectivity index (χ0n) is 20.0. The fourth-order valence-electron chi connectivity index (χ4n) is 4.18. The number of halogens is 2. The third kappa shape index (κ3) is 6.24. The summed E-state index contributed by atoms with van der Waals surface area (Å²) in [7, 11) is 1.64. The molecular weight excluding hydrogens is 450 g/mol. The maximum Gasteiger partial charge on any atom is 0.257 e. The van der Waals surface area contributed by atoms with E-state index in [2.05, 4.69) is 36.1 Å². The molecule has 1 atom stereocenters. The van der Waals surface area contributed by atoms with E-state index in [1.54, 1.807) is 12.0 Å². The predicted molar refractivity (Wildman–Crippen MR) is 130 cm³/mol. The van der Waals surface area contributed by atoms with Crippen molar-refractivity contribution in [3.63, 3.8) is 0 Å². The molecule has 1 unspecified atom stereocenters. The van der Waals surface area contributed by atoms with Crippen molar-refractivity contribution in [3.8, 4) is 5.75 Å². The molecule has 4 rings (SSSR count). The maximum absolute atomic E-state index is 14.1. The van der Waals surface area contributed by atoms with Gasteiger partial charge in [0.1, 0.15) is 5.75 Å². The number of benzene rings is 3. The van der Waals surface area contributed by atoms with E-state index >= 15 is 0 Å². The van der Waals surface area contributed by atoms with Gasteiger partial charge in [-0.1, -0.05) is 48.0 Å². The first-order valence-electron chi connectivity index (χ1n) is 11.7. The summed E-state index contributed by atoms with van der Waals surface area (Å²) in [5, 5.41) is 0. The Labute approximate surface area is 204 Å². The van der Waals surface area contributed by atoms with Crippen molar-refractivity contribution in [2.45, 2.75) is 19.6 Å². The molecule has 1 aliphatic heterocycles. The number of hydrogen-bond donors (Lipinski definition) is 0. The second-order valence-corrected chi connectivity index (χ2v) is 8.76. The average Bonchev–Trinajstić information content (AvgIpc) is 2.89. The number of hydrogen-bond acceptors (Lipinski definition) is 4. The SMILES string of the molecule is COc1cccc(C(CN2CCN(C(=O)c3cccc(F)c3F)CC2)OCc2ccc(C)cc2)c1. The minimum Gasteiger partial charge on any atom is -0.497 e. The van der Waals surface area contributed by atoms with Gasteiger partial charge in [0.05, 0.1) is 25.4 Å². The second-order valence-electron chi connectivity index (χ2n) is 8.76. The molecule has 0 bridgehead atoms. The van der Waals surface area contributed by atoms with Crippen LogP contribution in [0.4, 0.5) is 8.78 Å². The fraction of sp³-hybridized carbons (Fsp3) is 0.321. The standard InChI is InChI=1S/C28H30F2N2O3/c1-20-9-11-21(12-10-20)19-35-26(22-5-3-6-23(17-22)34-2)18-31-13-15-32(16-14-31)28(33)24-7-4-8-25(29)27(24)30/h3-12,17,26H,13-16,18-19H2,1-2H3. The summed E-state index contributed by atoms with van der Waals surface area (Å²) in [6.45, 7) is 5.23. The molecule has 1 heterocycles. The normalized spacial score (nSPS) is 15.1. The van der Waals surface area contributed by atoms with Gasteiger partial charge in [-0.2, -0.15) is 0 Å². The van der Waals surface area contributed by atoms with Crippen molar-refractivity contribution in [3.05, 3.63) is 101 Å². The Balaban J connectivity index is 1.41. The molecule has 3 aromatic rings. The molecule has 5 nitrogen and oxygen atoms in total. The van der Waals surface area contributed by atoms with Crippen molar-refractivity contribution >= 4 is 5.91 Å². The number of amides is 1.